The third-order valence-electron chi connectivity index (χ3n) is 6.51. The quantitative estimate of drug-likeness (QED) is 0.125. The lowest BCUT2D eigenvalue weighted by Crippen LogP contribution is -2.39. The van der Waals surface area contributed by atoms with Crippen LogP contribution in [0, 0.1) is 10.1 Å². The summed E-state index contributed by atoms with van der Waals surface area (Å²) in [6.45, 7) is 3.65. The summed E-state index contributed by atoms with van der Waals surface area (Å²) < 4.78 is 18.5. The van der Waals surface area contributed by atoms with Crippen LogP contribution in [0.25, 0.3) is 17.4 Å². The number of hydrogen-bond acceptors (Lipinski definition) is 10. The molecule has 210 valence electrons. The van der Waals surface area contributed by atoms with E-state index in [2.05, 4.69) is 4.99 Å². The Balaban J connectivity index is 1.62. The molecule has 0 fully saturated rings. The van der Waals surface area contributed by atoms with Crippen molar-refractivity contribution in [2.45, 2.75) is 24.8 Å². The molecule has 2 aromatic heterocycles. The molecular weight excluding hydrogens is 566 g/mol. The first kappa shape index (κ1) is 28.1. The minimum Gasteiger partial charge on any atom is -0.496 e. The second kappa shape index (κ2) is 11.6. The molecule has 1 aliphatic heterocycles. The smallest absolute Gasteiger partial charge is 0.338 e. The number of hydrogen-bond donors (Lipinski definition) is 0. The van der Waals surface area contributed by atoms with Crippen molar-refractivity contribution in [1.82, 2.24) is 4.57 Å². The highest BCUT2D eigenvalue weighted by Gasteiger charge is 2.33. The van der Waals surface area contributed by atoms with Gasteiger partial charge in [-0.3, -0.25) is 19.5 Å². The largest absolute Gasteiger partial charge is 0.496 e. The molecule has 2 aromatic carbocycles. The summed E-state index contributed by atoms with van der Waals surface area (Å²) >= 11 is 2.77. The molecule has 0 saturated carbocycles. The van der Waals surface area contributed by atoms with Crippen LogP contribution in [0.4, 0.5) is 5.69 Å². The van der Waals surface area contributed by atoms with Crippen LogP contribution < -0.4 is 19.6 Å². The minimum absolute atomic E-state index is 0.106. The van der Waals surface area contributed by atoms with Gasteiger partial charge in [-0.05, 0) is 56.0 Å². The van der Waals surface area contributed by atoms with Crippen LogP contribution in [0.3, 0.4) is 0 Å². The Labute approximate surface area is 242 Å². The number of fused-ring (bicyclic) bond motifs is 1. The topological polar surface area (TPSA) is 126 Å². The number of carbonyl (C=O) groups is 1. The zero-order valence-corrected chi connectivity index (χ0v) is 24.2. The fourth-order valence-corrected chi connectivity index (χ4v) is 6.03. The van der Waals surface area contributed by atoms with Crippen LogP contribution in [0.1, 0.15) is 31.2 Å². The fraction of sp³-hybridized carbons (Fsp3) is 0.207. The normalized spacial score (nSPS) is 14.9. The van der Waals surface area contributed by atoms with E-state index in [0.717, 1.165) is 10.5 Å². The zero-order chi connectivity index (χ0) is 29.3. The lowest BCUT2D eigenvalue weighted by atomic mass is 9.96. The van der Waals surface area contributed by atoms with Crippen LogP contribution in [-0.4, -0.2) is 35.4 Å². The van der Waals surface area contributed by atoms with Gasteiger partial charge in [0.15, 0.2) is 4.80 Å². The summed E-state index contributed by atoms with van der Waals surface area (Å²) in [7, 11) is 1.47. The third-order valence-corrected chi connectivity index (χ3v) is 8.23. The lowest BCUT2D eigenvalue weighted by Gasteiger charge is -2.24. The maximum atomic E-state index is 13.8. The van der Waals surface area contributed by atoms with Crippen LogP contribution in [0.5, 0.6) is 5.75 Å². The van der Waals surface area contributed by atoms with Crippen molar-refractivity contribution >= 4 is 40.8 Å². The predicted octanol–water partition coefficient (Wildman–Crippen LogP) is 4.70. The Bertz CT molecular complexity index is 1870. The Morgan fingerprint density at radius 3 is 2.63 bits per heavy atom. The number of thioether (sulfide) groups is 1. The standard InChI is InChI=1S/C29H25N3O7S2/c1-5-38-28(34)25-16(2)30-29-31(26(25)17-6-10-20(40-4)11-7-17)27(33)24(41-29)15-19-9-13-23(39-19)21-14-18(32(35)36)8-12-22(21)37-3/h6-15,26H,5H2,1-4H3/b24-15-/t26-/m0/s1. The van der Waals surface area contributed by atoms with Crippen molar-refractivity contribution in [3.8, 4) is 17.1 Å². The molecular formula is C29H25N3O7S2. The van der Waals surface area contributed by atoms with Crippen LogP contribution in [0.15, 0.2) is 85.0 Å². The van der Waals surface area contributed by atoms with E-state index in [4.69, 9.17) is 13.9 Å². The first-order valence-corrected chi connectivity index (χ1v) is 14.6. The summed E-state index contributed by atoms with van der Waals surface area (Å²) in [5.41, 5.74) is 1.50. The lowest BCUT2D eigenvalue weighted by molar-refractivity contribution is -0.384. The van der Waals surface area contributed by atoms with Gasteiger partial charge in [0.1, 0.15) is 17.3 Å². The van der Waals surface area contributed by atoms with Crippen LogP contribution in [-0.2, 0) is 9.53 Å². The van der Waals surface area contributed by atoms with Crippen molar-refractivity contribution in [2.24, 2.45) is 4.99 Å². The highest BCUT2D eigenvalue weighted by molar-refractivity contribution is 7.98. The Morgan fingerprint density at radius 2 is 1.98 bits per heavy atom. The van der Waals surface area contributed by atoms with Gasteiger partial charge in [-0.2, -0.15) is 0 Å². The number of benzene rings is 2. The van der Waals surface area contributed by atoms with E-state index in [-0.39, 0.29) is 17.9 Å². The molecule has 3 heterocycles. The van der Waals surface area contributed by atoms with Gasteiger partial charge >= 0.3 is 5.97 Å². The van der Waals surface area contributed by atoms with Gasteiger partial charge in [0.2, 0.25) is 0 Å². The fourth-order valence-electron chi connectivity index (χ4n) is 4.60. The second-order valence-corrected chi connectivity index (χ2v) is 10.8. The van der Waals surface area contributed by atoms with Crippen LogP contribution >= 0.6 is 23.1 Å². The van der Waals surface area contributed by atoms with E-state index in [1.807, 2.05) is 30.5 Å². The first-order valence-electron chi connectivity index (χ1n) is 12.5. The molecule has 0 bridgehead atoms. The van der Waals surface area contributed by atoms with Crippen molar-refractivity contribution in [2.75, 3.05) is 20.0 Å². The Hall–Kier alpha value is -4.42. The number of methoxy groups -OCH3 is 1. The molecule has 0 amide bonds. The molecule has 0 unspecified atom stereocenters. The average molecular weight is 592 g/mol. The molecule has 4 aromatic rings. The van der Waals surface area contributed by atoms with Gasteiger partial charge in [-0.25, -0.2) is 9.79 Å². The first-order chi connectivity index (χ1) is 19.7. The molecule has 1 aliphatic rings. The summed E-state index contributed by atoms with van der Waals surface area (Å²) in [5.74, 6) is 0.590. The second-order valence-electron chi connectivity index (χ2n) is 8.92. The molecule has 0 saturated heterocycles. The number of thiazole rings is 1. The SMILES string of the molecule is CCOC(=O)C1=C(C)N=c2s/c(=C\c3ccc(-c4cc([N+](=O)[O-])ccc4OC)o3)c(=O)n2[C@H]1c1ccc(SC)cc1. The number of non-ortho nitro benzene ring substituents is 1. The molecule has 5 rings (SSSR count). The number of esters is 1. The zero-order valence-electron chi connectivity index (χ0n) is 22.6. The van der Waals surface area contributed by atoms with E-state index in [1.54, 1.807) is 43.8 Å². The number of nitro groups is 1. The minimum atomic E-state index is -0.718. The summed E-state index contributed by atoms with van der Waals surface area (Å²) in [5, 5.41) is 11.3. The van der Waals surface area contributed by atoms with E-state index in [9.17, 15) is 19.7 Å². The molecule has 12 heteroatoms. The average Bonchev–Trinajstić information content (AvgIpc) is 3.56. The van der Waals surface area contributed by atoms with Crippen molar-refractivity contribution in [1.29, 1.82) is 0 Å². The number of allylic oxidation sites excluding steroid dienone is 1. The summed E-state index contributed by atoms with van der Waals surface area (Å²) in [6, 6.07) is 14.5. The highest BCUT2D eigenvalue weighted by Crippen LogP contribution is 2.35. The van der Waals surface area contributed by atoms with E-state index < -0.39 is 16.9 Å². The molecule has 0 spiro atoms. The van der Waals surface area contributed by atoms with E-state index in [1.165, 1.54) is 41.2 Å². The predicted molar refractivity (Wildman–Crippen MR) is 156 cm³/mol. The summed E-state index contributed by atoms with van der Waals surface area (Å²) in [4.78, 5) is 43.8. The number of ether oxygens (including phenoxy) is 2. The summed E-state index contributed by atoms with van der Waals surface area (Å²) in [6.07, 6.45) is 3.57. The van der Waals surface area contributed by atoms with Crippen molar-refractivity contribution in [3.63, 3.8) is 0 Å². The molecule has 0 N–H and O–H groups in total. The molecule has 0 aliphatic carbocycles. The van der Waals surface area contributed by atoms with Gasteiger partial charge in [0, 0.05) is 23.1 Å². The Kier molecular flexibility index (Phi) is 7.95. The number of furan rings is 1. The third kappa shape index (κ3) is 5.35. The van der Waals surface area contributed by atoms with Gasteiger partial charge in [0.25, 0.3) is 11.2 Å². The van der Waals surface area contributed by atoms with Crippen molar-refractivity contribution < 1.29 is 23.6 Å². The highest BCUT2D eigenvalue weighted by atomic mass is 32.2. The Morgan fingerprint density at radius 1 is 1.22 bits per heavy atom. The molecule has 41 heavy (non-hydrogen) atoms. The van der Waals surface area contributed by atoms with Gasteiger partial charge in [-0.1, -0.05) is 23.5 Å². The number of nitrogens with zero attached hydrogens (tertiary/aromatic N) is 3. The number of aromatic nitrogens is 1. The van der Waals surface area contributed by atoms with Gasteiger partial charge < -0.3 is 13.9 Å². The van der Waals surface area contributed by atoms with E-state index in [0.29, 0.717) is 43.4 Å². The van der Waals surface area contributed by atoms with E-state index >= 15 is 0 Å². The molecule has 0 radical (unpaired) electrons. The van der Waals surface area contributed by atoms with Crippen molar-refractivity contribution in [3.05, 3.63) is 107 Å². The maximum absolute atomic E-state index is 13.8. The van der Waals surface area contributed by atoms with Gasteiger partial charge in [-0.15, -0.1) is 11.8 Å². The monoisotopic (exact) mass is 591 g/mol. The number of nitro benzene ring substituents is 1. The number of rotatable bonds is 8. The molecule has 10 nitrogen and oxygen atoms in total. The molecule has 1 atom stereocenters. The maximum Gasteiger partial charge on any atom is 0.338 e. The van der Waals surface area contributed by atoms with Gasteiger partial charge in [0.05, 0.1) is 46.0 Å². The van der Waals surface area contributed by atoms with Crippen LogP contribution in [0.2, 0.25) is 0 Å². The number of carbonyl (C=O) groups excluding carboxylic acids is 1.